The van der Waals surface area contributed by atoms with Crippen LogP contribution in [0.15, 0.2) is 0 Å². The summed E-state index contributed by atoms with van der Waals surface area (Å²) in [6, 6.07) is 0. The van der Waals surface area contributed by atoms with E-state index in [0.717, 1.165) is 36.1 Å². The number of carbonyl (C=O) groups is 2. The van der Waals surface area contributed by atoms with Gasteiger partial charge in [-0.05, 0) is 37.7 Å². The minimum atomic E-state index is -0.956. The first-order chi connectivity index (χ1) is 9.16. The number of fused-ring (bicyclic) bond motifs is 1. The third-order valence-electron chi connectivity index (χ3n) is 3.59. The van der Waals surface area contributed by atoms with Gasteiger partial charge >= 0.3 is 5.97 Å². The highest BCUT2D eigenvalue weighted by molar-refractivity contribution is 7.17. The van der Waals surface area contributed by atoms with Crippen LogP contribution in [-0.2, 0) is 22.4 Å². The van der Waals surface area contributed by atoms with Crippen LogP contribution in [0.3, 0.4) is 0 Å². The van der Waals surface area contributed by atoms with Crippen LogP contribution in [0.25, 0.3) is 0 Å². The van der Waals surface area contributed by atoms with E-state index < -0.39 is 12.1 Å². The first-order valence-corrected chi connectivity index (χ1v) is 7.29. The van der Waals surface area contributed by atoms with Gasteiger partial charge in [0.1, 0.15) is 11.1 Å². The molecule has 3 rings (SSSR count). The number of thiophene rings is 1. The van der Waals surface area contributed by atoms with Crippen molar-refractivity contribution >= 4 is 28.2 Å². The van der Waals surface area contributed by atoms with Crippen LogP contribution in [0, 0.1) is 0 Å². The number of carbonyl (C=O) groups excluding carboxylic acids is 1. The first kappa shape index (κ1) is 12.6. The number of hydrogen-bond donors (Lipinski definition) is 2. The van der Waals surface area contributed by atoms with E-state index in [2.05, 4.69) is 5.32 Å². The molecule has 0 unspecified atom stereocenters. The molecular weight excluding hydrogens is 266 g/mol. The average Bonchev–Trinajstić information content (AvgIpc) is 3.03. The molecule has 0 aromatic carbocycles. The molecule has 6 heteroatoms. The lowest BCUT2D eigenvalue weighted by molar-refractivity contribution is -0.124. The van der Waals surface area contributed by atoms with Crippen molar-refractivity contribution in [2.75, 3.05) is 11.9 Å². The Labute approximate surface area is 114 Å². The summed E-state index contributed by atoms with van der Waals surface area (Å²) < 4.78 is 5.31. The summed E-state index contributed by atoms with van der Waals surface area (Å²) in [6.07, 6.45) is 3.86. The molecule has 1 aliphatic heterocycles. The Morgan fingerprint density at radius 2 is 2.16 bits per heavy atom. The van der Waals surface area contributed by atoms with Crippen molar-refractivity contribution in [1.29, 1.82) is 0 Å². The summed E-state index contributed by atoms with van der Waals surface area (Å²) in [7, 11) is 0. The molecule has 0 saturated carbocycles. The Kier molecular flexibility index (Phi) is 3.28. The van der Waals surface area contributed by atoms with Crippen molar-refractivity contribution in [3.8, 4) is 0 Å². The van der Waals surface area contributed by atoms with Gasteiger partial charge in [-0.2, -0.15) is 0 Å². The van der Waals surface area contributed by atoms with Gasteiger partial charge in [0, 0.05) is 11.5 Å². The van der Waals surface area contributed by atoms with Gasteiger partial charge in [0.25, 0.3) is 5.91 Å². The number of rotatable bonds is 3. The predicted octanol–water partition coefficient (Wildman–Crippen LogP) is 2.05. The van der Waals surface area contributed by atoms with Crippen molar-refractivity contribution < 1.29 is 19.4 Å². The topological polar surface area (TPSA) is 75.6 Å². The van der Waals surface area contributed by atoms with E-state index in [1.807, 2.05) is 0 Å². The molecule has 1 aromatic rings. The highest BCUT2D eigenvalue weighted by Gasteiger charge is 2.30. The van der Waals surface area contributed by atoms with Gasteiger partial charge in [-0.25, -0.2) is 4.79 Å². The van der Waals surface area contributed by atoms with Crippen LogP contribution in [0.1, 0.15) is 40.1 Å². The minimum absolute atomic E-state index is 0.222. The zero-order valence-electron chi connectivity index (χ0n) is 10.4. The molecule has 19 heavy (non-hydrogen) atoms. The lowest BCUT2D eigenvalue weighted by Gasteiger charge is -2.10. The molecular formula is C13H15NO4S. The van der Waals surface area contributed by atoms with Gasteiger partial charge in [0.15, 0.2) is 0 Å². The van der Waals surface area contributed by atoms with E-state index in [1.165, 1.54) is 11.3 Å². The van der Waals surface area contributed by atoms with E-state index in [-0.39, 0.29) is 11.5 Å². The molecule has 0 radical (unpaired) electrons. The quantitative estimate of drug-likeness (QED) is 0.889. The maximum atomic E-state index is 12.0. The largest absolute Gasteiger partial charge is 0.478 e. The molecule has 0 spiro atoms. The molecule has 1 saturated heterocycles. The standard InChI is InChI=1S/C13H15NO4S/c15-11(8-4-2-6-18-8)14-12-10(13(16)17)7-3-1-5-9(7)19-12/h8H,1-6H2,(H,14,15)(H,16,17)/t8-/m1/s1. The second-order valence-corrected chi connectivity index (χ2v) is 5.96. The van der Waals surface area contributed by atoms with E-state index in [1.54, 1.807) is 0 Å². The van der Waals surface area contributed by atoms with Gasteiger partial charge in [-0.1, -0.05) is 0 Å². The zero-order chi connectivity index (χ0) is 13.4. The first-order valence-electron chi connectivity index (χ1n) is 6.47. The maximum Gasteiger partial charge on any atom is 0.339 e. The van der Waals surface area contributed by atoms with E-state index >= 15 is 0 Å². The lowest BCUT2D eigenvalue weighted by Crippen LogP contribution is -2.27. The molecule has 2 N–H and O–H groups in total. The SMILES string of the molecule is O=C(O)c1c(NC(=O)[C@H]2CCCO2)sc2c1CCC2. The monoisotopic (exact) mass is 281 g/mol. The van der Waals surface area contributed by atoms with E-state index in [0.29, 0.717) is 18.0 Å². The summed E-state index contributed by atoms with van der Waals surface area (Å²) in [6.45, 7) is 0.602. The Morgan fingerprint density at radius 1 is 1.32 bits per heavy atom. The van der Waals surface area contributed by atoms with Crippen LogP contribution in [0.2, 0.25) is 0 Å². The molecule has 5 nitrogen and oxygen atoms in total. The third-order valence-corrected chi connectivity index (χ3v) is 4.80. The highest BCUT2D eigenvalue weighted by atomic mass is 32.1. The number of nitrogens with one attached hydrogen (secondary N) is 1. The van der Waals surface area contributed by atoms with Crippen LogP contribution < -0.4 is 5.32 Å². The van der Waals surface area contributed by atoms with Crippen molar-refractivity contribution in [3.05, 3.63) is 16.0 Å². The van der Waals surface area contributed by atoms with Gasteiger partial charge in [-0.3, -0.25) is 4.79 Å². The fourth-order valence-corrected chi connectivity index (χ4v) is 3.98. The number of carboxylic acids is 1. The predicted molar refractivity (Wildman–Crippen MR) is 70.9 cm³/mol. The summed E-state index contributed by atoms with van der Waals surface area (Å²) >= 11 is 1.40. The van der Waals surface area contributed by atoms with Crippen LogP contribution in [0.5, 0.6) is 0 Å². The van der Waals surface area contributed by atoms with Crippen molar-refractivity contribution in [2.24, 2.45) is 0 Å². The van der Waals surface area contributed by atoms with Gasteiger partial charge in [-0.15, -0.1) is 11.3 Å². The van der Waals surface area contributed by atoms with Crippen LogP contribution >= 0.6 is 11.3 Å². The van der Waals surface area contributed by atoms with Gasteiger partial charge < -0.3 is 15.2 Å². The molecule has 2 aliphatic rings. The molecule has 1 aliphatic carbocycles. The zero-order valence-corrected chi connectivity index (χ0v) is 11.2. The van der Waals surface area contributed by atoms with Crippen molar-refractivity contribution in [1.82, 2.24) is 0 Å². The van der Waals surface area contributed by atoms with Crippen LogP contribution in [-0.4, -0.2) is 29.7 Å². The number of aryl methyl sites for hydroxylation is 1. The van der Waals surface area contributed by atoms with E-state index in [4.69, 9.17) is 4.74 Å². The number of hydrogen-bond acceptors (Lipinski definition) is 4. The molecule has 1 amide bonds. The third kappa shape index (κ3) is 2.26. The Bertz CT molecular complexity index is 531. The fourth-order valence-electron chi connectivity index (χ4n) is 2.70. The Morgan fingerprint density at radius 3 is 2.84 bits per heavy atom. The Balaban J connectivity index is 1.84. The summed E-state index contributed by atoms with van der Waals surface area (Å²) in [5.74, 6) is -1.18. The van der Waals surface area contributed by atoms with Crippen molar-refractivity contribution in [2.45, 2.75) is 38.2 Å². The molecule has 1 atom stereocenters. The molecule has 1 aromatic heterocycles. The minimum Gasteiger partial charge on any atom is -0.478 e. The molecule has 102 valence electrons. The van der Waals surface area contributed by atoms with E-state index in [9.17, 15) is 14.7 Å². The Hall–Kier alpha value is -1.40. The lowest BCUT2D eigenvalue weighted by atomic mass is 10.1. The van der Waals surface area contributed by atoms with Crippen molar-refractivity contribution in [3.63, 3.8) is 0 Å². The van der Waals surface area contributed by atoms with Crippen LogP contribution in [0.4, 0.5) is 5.00 Å². The van der Waals surface area contributed by atoms with Gasteiger partial charge in [0.05, 0.1) is 5.56 Å². The number of aromatic carboxylic acids is 1. The molecule has 2 heterocycles. The number of carboxylic acid groups (broad SMARTS) is 1. The number of ether oxygens (including phenoxy) is 1. The average molecular weight is 281 g/mol. The number of anilines is 1. The maximum absolute atomic E-state index is 12.0. The fraction of sp³-hybridized carbons (Fsp3) is 0.538. The number of amides is 1. The second-order valence-electron chi connectivity index (χ2n) is 4.86. The normalized spacial score (nSPS) is 21.4. The molecule has 0 bridgehead atoms. The molecule has 1 fully saturated rings. The highest BCUT2D eigenvalue weighted by Crippen LogP contribution is 2.39. The second kappa shape index (κ2) is 4.94. The summed E-state index contributed by atoms with van der Waals surface area (Å²) in [5.41, 5.74) is 1.18. The van der Waals surface area contributed by atoms with Gasteiger partial charge in [0.2, 0.25) is 0 Å². The summed E-state index contributed by atoms with van der Waals surface area (Å²) in [5, 5.41) is 12.5. The summed E-state index contributed by atoms with van der Waals surface area (Å²) in [4.78, 5) is 24.5. The smallest absolute Gasteiger partial charge is 0.339 e.